The van der Waals surface area contributed by atoms with Crippen molar-refractivity contribution in [1.82, 2.24) is 15.1 Å². The van der Waals surface area contributed by atoms with Gasteiger partial charge in [0.05, 0.1) is 5.56 Å². The van der Waals surface area contributed by atoms with Crippen LogP contribution in [-0.4, -0.2) is 61.1 Å². The van der Waals surface area contributed by atoms with Gasteiger partial charge in [-0.15, -0.1) is 0 Å². The molecule has 5 rings (SSSR count). The first-order chi connectivity index (χ1) is 20.7. The maximum Gasteiger partial charge on any atom is 0.416 e. The highest BCUT2D eigenvalue weighted by molar-refractivity contribution is 5.94. The van der Waals surface area contributed by atoms with E-state index < -0.39 is 11.7 Å². The van der Waals surface area contributed by atoms with Crippen molar-refractivity contribution >= 4 is 5.91 Å². The summed E-state index contributed by atoms with van der Waals surface area (Å²) < 4.78 is 44.6. The Morgan fingerprint density at radius 1 is 0.930 bits per heavy atom. The van der Waals surface area contributed by atoms with Gasteiger partial charge in [-0.2, -0.15) is 13.2 Å². The zero-order chi connectivity index (χ0) is 30.2. The number of halogens is 3. The number of alkyl halides is 3. The molecule has 1 atom stereocenters. The van der Waals surface area contributed by atoms with E-state index in [-0.39, 0.29) is 12.0 Å². The molecule has 3 aromatic rings. The number of ether oxygens (including phenoxy) is 1. The number of piperidine rings is 1. The Hall–Kier alpha value is -3.80. The second-order valence-electron chi connectivity index (χ2n) is 11.5. The molecule has 1 N–H and O–H groups in total. The first-order valence-electron chi connectivity index (χ1n) is 15.0. The normalized spacial score (nSPS) is 18.2. The topological polar surface area (TPSA) is 44.8 Å². The lowest BCUT2D eigenvalue weighted by molar-refractivity contribution is -0.137. The smallest absolute Gasteiger partial charge is 0.416 e. The summed E-state index contributed by atoms with van der Waals surface area (Å²) in [7, 11) is 2.15. The molecular weight excluding hydrogens is 551 g/mol. The Morgan fingerprint density at radius 2 is 1.67 bits per heavy atom. The maximum atomic E-state index is 12.8. The number of carbonyl (C=O) groups excluding carboxylic acids is 1. The molecule has 0 saturated carbocycles. The Balaban J connectivity index is 1.07. The minimum atomic E-state index is -4.35. The lowest BCUT2D eigenvalue weighted by Crippen LogP contribution is -2.37. The van der Waals surface area contributed by atoms with Gasteiger partial charge in [-0.25, -0.2) is 0 Å². The van der Waals surface area contributed by atoms with Crippen LogP contribution in [0, 0.1) is 11.8 Å². The van der Waals surface area contributed by atoms with E-state index in [0.29, 0.717) is 23.7 Å². The fourth-order valence-electron chi connectivity index (χ4n) is 5.78. The number of nitrogens with zero attached hydrogens (tertiary/aromatic N) is 2. The maximum absolute atomic E-state index is 12.8. The third-order valence-corrected chi connectivity index (χ3v) is 8.26. The molecule has 2 fully saturated rings. The van der Waals surface area contributed by atoms with Crippen LogP contribution in [0.3, 0.4) is 0 Å². The van der Waals surface area contributed by atoms with Gasteiger partial charge in [-0.05, 0) is 106 Å². The fourth-order valence-corrected chi connectivity index (χ4v) is 5.78. The van der Waals surface area contributed by atoms with Crippen molar-refractivity contribution in [3.63, 3.8) is 0 Å². The van der Waals surface area contributed by atoms with E-state index in [0.717, 1.165) is 74.5 Å². The summed E-state index contributed by atoms with van der Waals surface area (Å²) in [4.78, 5) is 17.5. The van der Waals surface area contributed by atoms with Gasteiger partial charge in [0.25, 0.3) is 5.91 Å². The van der Waals surface area contributed by atoms with E-state index in [2.05, 4.69) is 40.1 Å². The van der Waals surface area contributed by atoms with Crippen molar-refractivity contribution in [2.75, 3.05) is 33.2 Å². The van der Waals surface area contributed by atoms with Crippen LogP contribution in [0.1, 0.15) is 64.7 Å². The van der Waals surface area contributed by atoms with Gasteiger partial charge in [-0.3, -0.25) is 9.69 Å². The van der Waals surface area contributed by atoms with Gasteiger partial charge in [-0.1, -0.05) is 30.0 Å². The van der Waals surface area contributed by atoms with E-state index in [1.165, 1.54) is 25.0 Å². The zero-order valence-corrected chi connectivity index (χ0v) is 24.5. The SMILES string of the molecule is CN1CCCC1CCNC(=O)c1cccc(OC2CCN(Cc3cccc(C#Cc4ccc(C(F)(F)F)cc4)c3)CC2)c1. The molecule has 0 bridgehead atoms. The van der Waals surface area contributed by atoms with Crippen LogP contribution < -0.4 is 10.1 Å². The molecule has 8 heteroatoms. The summed E-state index contributed by atoms with van der Waals surface area (Å²) in [5.74, 6) is 6.69. The zero-order valence-electron chi connectivity index (χ0n) is 24.5. The van der Waals surface area contributed by atoms with Gasteiger partial charge in [0.2, 0.25) is 0 Å². The van der Waals surface area contributed by atoms with Crippen LogP contribution >= 0.6 is 0 Å². The van der Waals surface area contributed by atoms with Gasteiger partial charge in [0, 0.05) is 48.9 Å². The van der Waals surface area contributed by atoms with Crippen LogP contribution in [0.15, 0.2) is 72.8 Å². The largest absolute Gasteiger partial charge is 0.490 e. The third kappa shape index (κ3) is 8.85. The lowest BCUT2D eigenvalue weighted by atomic mass is 10.1. The first-order valence-corrected chi connectivity index (χ1v) is 15.0. The fraction of sp³-hybridized carbons (Fsp3) is 0.400. The summed E-state index contributed by atoms with van der Waals surface area (Å²) in [6.07, 6.45) is 0.912. The Bertz CT molecular complexity index is 1440. The highest BCUT2D eigenvalue weighted by Crippen LogP contribution is 2.29. The number of amides is 1. The number of benzene rings is 3. The van der Waals surface area contributed by atoms with Crippen molar-refractivity contribution in [2.24, 2.45) is 0 Å². The molecule has 0 radical (unpaired) electrons. The minimum absolute atomic E-state index is 0.0628. The average Bonchev–Trinajstić information content (AvgIpc) is 3.41. The summed E-state index contributed by atoms with van der Waals surface area (Å²) in [5.41, 5.74) is 2.45. The average molecular weight is 590 g/mol. The number of hydrogen-bond donors (Lipinski definition) is 1. The number of carbonyl (C=O) groups is 1. The molecule has 226 valence electrons. The molecule has 0 aromatic heterocycles. The molecule has 5 nitrogen and oxygen atoms in total. The molecule has 0 aliphatic carbocycles. The number of rotatable bonds is 8. The minimum Gasteiger partial charge on any atom is -0.490 e. The molecule has 1 unspecified atom stereocenters. The second-order valence-corrected chi connectivity index (χ2v) is 11.5. The number of hydrogen-bond acceptors (Lipinski definition) is 4. The summed E-state index contributed by atoms with van der Waals surface area (Å²) >= 11 is 0. The second kappa shape index (κ2) is 14.1. The van der Waals surface area contributed by atoms with Crippen molar-refractivity contribution in [3.8, 4) is 17.6 Å². The quantitative estimate of drug-likeness (QED) is 0.311. The van der Waals surface area contributed by atoms with Crippen LogP contribution in [0.2, 0.25) is 0 Å². The molecule has 2 aliphatic heterocycles. The summed E-state index contributed by atoms with van der Waals surface area (Å²) in [5, 5.41) is 3.06. The molecule has 2 aliphatic rings. The van der Waals surface area contributed by atoms with Crippen molar-refractivity contribution in [1.29, 1.82) is 0 Å². The lowest BCUT2D eigenvalue weighted by Gasteiger charge is -2.32. The van der Waals surface area contributed by atoms with Crippen molar-refractivity contribution in [3.05, 3.63) is 101 Å². The van der Waals surface area contributed by atoms with Crippen LogP contribution in [0.25, 0.3) is 0 Å². The monoisotopic (exact) mass is 589 g/mol. The van der Waals surface area contributed by atoms with E-state index in [1.54, 1.807) is 0 Å². The molecular formula is C35H38F3N3O2. The van der Waals surface area contributed by atoms with Crippen LogP contribution in [0.5, 0.6) is 5.75 Å². The van der Waals surface area contributed by atoms with Gasteiger partial charge in [0.15, 0.2) is 0 Å². The molecule has 0 spiro atoms. The van der Waals surface area contributed by atoms with E-state index in [9.17, 15) is 18.0 Å². The standard InChI is InChI=1S/C35H38F3N3O2/c1-40-20-4-8-31(40)16-19-39-34(42)29-7-3-9-33(24-29)43-32-17-21-41(22-18-32)25-28-6-2-5-27(23-28)11-10-26-12-14-30(15-13-26)35(36,37)38/h2-3,5-7,9,12-15,23-24,31-32H,4,8,16-22,25H2,1H3,(H,39,42). The highest BCUT2D eigenvalue weighted by Gasteiger charge is 2.30. The third-order valence-electron chi connectivity index (χ3n) is 8.26. The molecule has 43 heavy (non-hydrogen) atoms. The van der Waals surface area contributed by atoms with E-state index in [1.807, 2.05) is 42.5 Å². The highest BCUT2D eigenvalue weighted by atomic mass is 19.4. The summed E-state index contributed by atoms with van der Waals surface area (Å²) in [6.45, 7) is 4.38. The van der Waals surface area contributed by atoms with E-state index in [4.69, 9.17) is 4.74 Å². The van der Waals surface area contributed by atoms with Gasteiger partial charge >= 0.3 is 6.18 Å². The van der Waals surface area contributed by atoms with Gasteiger partial charge in [0.1, 0.15) is 11.9 Å². The molecule has 2 saturated heterocycles. The van der Waals surface area contributed by atoms with Crippen molar-refractivity contribution in [2.45, 2.75) is 57.0 Å². The van der Waals surface area contributed by atoms with E-state index >= 15 is 0 Å². The Labute approximate surface area is 252 Å². The number of likely N-dealkylation sites (tertiary alicyclic amines) is 2. The van der Waals surface area contributed by atoms with Crippen LogP contribution in [0.4, 0.5) is 13.2 Å². The predicted octanol–water partition coefficient (Wildman–Crippen LogP) is 6.36. The van der Waals surface area contributed by atoms with Gasteiger partial charge < -0.3 is 15.0 Å². The molecule has 1 amide bonds. The Morgan fingerprint density at radius 3 is 2.40 bits per heavy atom. The van der Waals surface area contributed by atoms with Crippen LogP contribution in [-0.2, 0) is 12.7 Å². The predicted molar refractivity (Wildman–Crippen MR) is 162 cm³/mol. The van der Waals surface area contributed by atoms with Crippen molar-refractivity contribution < 1.29 is 22.7 Å². The Kier molecular flexibility index (Phi) is 10.1. The first kappa shape index (κ1) is 30.7. The molecule has 2 heterocycles. The number of nitrogens with one attached hydrogen (secondary N) is 1. The molecule has 3 aromatic carbocycles. The summed E-state index contributed by atoms with van der Waals surface area (Å²) in [6, 6.07) is 20.9.